The van der Waals surface area contributed by atoms with Gasteiger partial charge in [-0.15, -0.1) is 0 Å². The molecule has 0 aliphatic rings. The second-order valence-corrected chi connectivity index (χ2v) is 6.47. The number of amides is 1. The van der Waals surface area contributed by atoms with Crippen molar-refractivity contribution in [2.75, 3.05) is 34.3 Å². The number of rotatable bonds is 8. The van der Waals surface area contributed by atoms with Crippen LogP contribution >= 0.6 is 0 Å². The van der Waals surface area contributed by atoms with Crippen LogP contribution in [0.25, 0.3) is 0 Å². The Labute approximate surface area is 167 Å². The van der Waals surface area contributed by atoms with Gasteiger partial charge in [-0.3, -0.25) is 9.79 Å². The highest BCUT2D eigenvalue weighted by molar-refractivity contribution is 5.94. The topological polar surface area (TPSA) is 66.0 Å². The van der Waals surface area contributed by atoms with Gasteiger partial charge >= 0.3 is 0 Å². The minimum absolute atomic E-state index is 0.0714. The summed E-state index contributed by atoms with van der Waals surface area (Å²) in [4.78, 5) is 18.6. The molecule has 6 nitrogen and oxygen atoms in total. The molecule has 2 N–H and O–H groups in total. The second-order valence-electron chi connectivity index (χ2n) is 6.47. The lowest BCUT2D eigenvalue weighted by Gasteiger charge is -2.22. The molecule has 6 heteroatoms. The van der Waals surface area contributed by atoms with Crippen molar-refractivity contribution < 1.29 is 9.53 Å². The predicted molar refractivity (Wildman–Crippen MR) is 114 cm³/mol. The maximum atomic E-state index is 11.8. The Bertz CT molecular complexity index is 787. The van der Waals surface area contributed by atoms with Crippen molar-refractivity contribution in [3.05, 3.63) is 65.2 Å². The lowest BCUT2D eigenvalue weighted by molar-refractivity contribution is 0.0963. The average Bonchev–Trinajstić information content (AvgIpc) is 2.73. The van der Waals surface area contributed by atoms with Crippen LogP contribution in [0.1, 0.15) is 28.4 Å². The maximum Gasteiger partial charge on any atom is 0.251 e. The number of hydrogen-bond acceptors (Lipinski definition) is 3. The van der Waals surface area contributed by atoms with E-state index < -0.39 is 0 Å². The van der Waals surface area contributed by atoms with E-state index in [-0.39, 0.29) is 5.91 Å². The molecular weight excluding hydrogens is 352 g/mol. The molecule has 0 unspecified atom stereocenters. The van der Waals surface area contributed by atoms with Crippen LogP contribution in [-0.2, 0) is 13.0 Å². The Morgan fingerprint density at radius 3 is 2.54 bits per heavy atom. The van der Waals surface area contributed by atoms with Gasteiger partial charge in [0.2, 0.25) is 0 Å². The number of nitrogens with one attached hydrogen (secondary N) is 2. The number of carbonyl (C=O) groups excluding carboxylic acids is 1. The Kier molecular flexibility index (Phi) is 8.34. The first-order valence-corrected chi connectivity index (χ1v) is 9.50. The fraction of sp³-hybridized carbons (Fsp3) is 0.364. The normalized spacial score (nSPS) is 11.1. The van der Waals surface area contributed by atoms with Gasteiger partial charge in [-0.05, 0) is 48.7 Å². The lowest BCUT2D eigenvalue weighted by atomic mass is 10.1. The predicted octanol–water partition coefficient (Wildman–Crippen LogP) is 2.69. The number of guanidine groups is 1. The van der Waals surface area contributed by atoms with Gasteiger partial charge < -0.3 is 20.3 Å². The molecule has 0 fully saturated rings. The summed E-state index contributed by atoms with van der Waals surface area (Å²) >= 11 is 0. The fourth-order valence-electron chi connectivity index (χ4n) is 2.85. The summed E-state index contributed by atoms with van der Waals surface area (Å²) in [6.07, 6.45) is 0.774. The first kappa shape index (κ1) is 21.3. The van der Waals surface area contributed by atoms with E-state index in [4.69, 9.17) is 9.73 Å². The van der Waals surface area contributed by atoms with Gasteiger partial charge in [0.25, 0.3) is 5.91 Å². The molecule has 28 heavy (non-hydrogen) atoms. The van der Waals surface area contributed by atoms with Crippen molar-refractivity contribution >= 4 is 11.9 Å². The van der Waals surface area contributed by atoms with Crippen molar-refractivity contribution in [3.8, 4) is 5.75 Å². The van der Waals surface area contributed by atoms with Crippen LogP contribution < -0.4 is 15.4 Å². The molecule has 0 aliphatic carbocycles. The van der Waals surface area contributed by atoms with Crippen LogP contribution in [0, 0.1) is 0 Å². The van der Waals surface area contributed by atoms with Gasteiger partial charge in [0.15, 0.2) is 5.96 Å². The highest BCUT2D eigenvalue weighted by Gasteiger charge is 2.07. The van der Waals surface area contributed by atoms with Crippen LogP contribution in [0.3, 0.4) is 0 Å². The Balaban J connectivity index is 1.99. The Morgan fingerprint density at radius 1 is 1.14 bits per heavy atom. The molecule has 0 aromatic heterocycles. The van der Waals surface area contributed by atoms with E-state index in [2.05, 4.69) is 34.6 Å². The Hall–Kier alpha value is -3.02. The van der Waals surface area contributed by atoms with Crippen LogP contribution in [0.15, 0.2) is 53.5 Å². The summed E-state index contributed by atoms with van der Waals surface area (Å²) in [5, 5.41) is 5.99. The van der Waals surface area contributed by atoms with E-state index in [1.54, 1.807) is 14.2 Å². The first-order valence-electron chi connectivity index (χ1n) is 9.50. The number of ether oxygens (including phenoxy) is 1. The summed E-state index contributed by atoms with van der Waals surface area (Å²) < 4.78 is 5.21. The van der Waals surface area contributed by atoms with Crippen LogP contribution in [-0.4, -0.2) is 51.1 Å². The molecule has 0 saturated carbocycles. The number of methoxy groups -OCH3 is 1. The third-order valence-corrected chi connectivity index (χ3v) is 4.35. The maximum absolute atomic E-state index is 11.8. The Morgan fingerprint density at radius 2 is 1.89 bits per heavy atom. The minimum Gasteiger partial charge on any atom is -0.497 e. The van der Waals surface area contributed by atoms with E-state index in [1.165, 1.54) is 5.56 Å². The third-order valence-electron chi connectivity index (χ3n) is 4.35. The van der Waals surface area contributed by atoms with Gasteiger partial charge in [-0.1, -0.05) is 24.3 Å². The number of hydrogen-bond donors (Lipinski definition) is 2. The second kappa shape index (κ2) is 11.0. The molecule has 0 saturated heterocycles. The SMILES string of the molecule is CCNC(=NCCc1cccc(C(=O)NC)c1)N(C)Cc1ccc(OC)cc1. The number of benzene rings is 2. The van der Waals surface area contributed by atoms with Crippen molar-refractivity contribution in [2.45, 2.75) is 19.9 Å². The van der Waals surface area contributed by atoms with Gasteiger partial charge in [0.05, 0.1) is 7.11 Å². The van der Waals surface area contributed by atoms with Crippen LogP contribution in [0.5, 0.6) is 5.75 Å². The highest BCUT2D eigenvalue weighted by Crippen LogP contribution is 2.12. The zero-order valence-corrected chi connectivity index (χ0v) is 17.2. The molecule has 0 atom stereocenters. The summed E-state index contributed by atoms with van der Waals surface area (Å²) in [6.45, 7) is 4.26. The smallest absolute Gasteiger partial charge is 0.251 e. The van der Waals surface area contributed by atoms with Crippen molar-refractivity contribution in [1.29, 1.82) is 0 Å². The number of carbonyl (C=O) groups is 1. The molecule has 1 amide bonds. The molecular formula is C22H30N4O2. The highest BCUT2D eigenvalue weighted by atomic mass is 16.5. The average molecular weight is 383 g/mol. The first-order chi connectivity index (χ1) is 13.6. The van der Waals surface area contributed by atoms with Crippen molar-refractivity contribution in [3.63, 3.8) is 0 Å². The summed E-state index contributed by atoms with van der Waals surface area (Å²) in [6, 6.07) is 15.7. The third kappa shape index (κ3) is 6.30. The van der Waals surface area contributed by atoms with Crippen molar-refractivity contribution in [1.82, 2.24) is 15.5 Å². The van der Waals surface area contributed by atoms with Crippen LogP contribution in [0.2, 0.25) is 0 Å². The molecule has 2 rings (SSSR count). The number of nitrogens with zero attached hydrogens (tertiary/aromatic N) is 2. The minimum atomic E-state index is -0.0714. The van der Waals surface area contributed by atoms with Crippen LogP contribution in [0.4, 0.5) is 0 Å². The largest absolute Gasteiger partial charge is 0.497 e. The zero-order chi connectivity index (χ0) is 20.4. The summed E-state index contributed by atoms with van der Waals surface area (Å²) in [7, 11) is 5.33. The molecule has 2 aromatic rings. The van der Waals surface area contributed by atoms with E-state index in [1.807, 2.05) is 43.4 Å². The van der Waals surface area contributed by atoms with Crippen molar-refractivity contribution in [2.24, 2.45) is 4.99 Å². The summed E-state index contributed by atoms with van der Waals surface area (Å²) in [5.74, 6) is 1.64. The molecule has 150 valence electrons. The van der Waals surface area contributed by atoms with Gasteiger partial charge in [-0.25, -0.2) is 0 Å². The quantitative estimate of drug-likeness (QED) is 0.544. The monoisotopic (exact) mass is 382 g/mol. The van der Waals surface area contributed by atoms with E-state index in [9.17, 15) is 4.79 Å². The molecule has 2 aromatic carbocycles. The van der Waals surface area contributed by atoms with E-state index in [0.29, 0.717) is 12.1 Å². The standard InChI is InChI=1S/C22H30N4O2/c1-5-24-22(26(3)16-18-9-11-20(28-4)12-10-18)25-14-13-17-7-6-8-19(15-17)21(27)23-2/h6-12,15H,5,13-14,16H2,1-4H3,(H,23,27)(H,24,25). The molecule has 0 radical (unpaired) electrons. The van der Waals surface area contributed by atoms with Gasteiger partial charge in [-0.2, -0.15) is 0 Å². The van der Waals surface area contributed by atoms with E-state index >= 15 is 0 Å². The van der Waals surface area contributed by atoms with E-state index in [0.717, 1.165) is 36.8 Å². The molecule has 0 bridgehead atoms. The summed E-state index contributed by atoms with van der Waals surface area (Å²) in [5.41, 5.74) is 2.96. The molecule has 0 spiro atoms. The number of aliphatic imine (C=N–C) groups is 1. The van der Waals surface area contributed by atoms with Gasteiger partial charge in [0, 0.05) is 39.3 Å². The molecule has 0 aliphatic heterocycles. The lowest BCUT2D eigenvalue weighted by Crippen LogP contribution is -2.38. The zero-order valence-electron chi connectivity index (χ0n) is 17.2. The molecule has 0 heterocycles. The fourth-order valence-corrected chi connectivity index (χ4v) is 2.85. The van der Waals surface area contributed by atoms with Gasteiger partial charge in [0.1, 0.15) is 5.75 Å².